The molecule has 0 unspecified atom stereocenters. The lowest BCUT2D eigenvalue weighted by molar-refractivity contribution is 0.276. The summed E-state index contributed by atoms with van der Waals surface area (Å²) in [4.78, 5) is 9.23. The van der Waals surface area contributed by atoms with Crippen LogP contribution in [0, 0.1) is 20.8 Å². The molecule has 0 radical (unpaired) electrons. The summed E-state index contributed by atoms with van der Waals surface area (Å²) in [6, 6.07) is 16.8. The van der Waals surface area contributed by atoms with E-state index < -0.39 is 0 Å². The van der Waals surface area contributed by atoms with Gasteiger partial charge in [-0.1, -0.05) is 24.3 Å². The van der Waals surface area contributed by atoms with Crippen molar-refractivity contribution < 1.29 is 0 Å². The van der Waals surface area contributed by atoms with Gasteiger partial charge in [0.1, 0.15) is 0 Å². The van der Waals surface area contributed by atoms with Gasteiger partial charge in [-0.25, -0.2) is 0 Å². The number of thiocarbonyl (C=S) groups is 1. The molecule has 1 saturated heterocycles. The average Bonchev–Trinajstić information content (AvgIpc) is 3.20. The summed E-state index contributed by atoms with van der Waals surface area (Å²) in [5.41, 5.74) is 7.38. The van der Waals surface area contributed by atoms with Crippen LogP contribution in [0.5, 0.6) is 0 Å². The van der Waals surface area contributed by atoms with Gasteiger partial charge in [-0.15, -0.1) is 0 Å². The number of likely N-dealkylation sites (N-methyl/N-ethyl adjacent to an activating group) is 1. The van der Waals surface area contributed by atoms with Gasteiger partial charge in [0.25, 0.3) is 0 Å². The van der Waals surface area contributed by atoms with Crippen molar-refractivity contribution in [3.63, 3.8) is 0 Å². The number of hydrogen-bond donors (Lipinski definition) is 1. The number of aromatic nitrogens is 2. The lowest BCUT2D eigenvalue weighted by Gasteiger charge is -2.29. The van der Waals surface area contributed by atoms with Gasteiger partial charge < -0.3 is 19.7 Å². The quantitative estimate of drug-likeness (QED) is 0.586. The second-order valence-corrected chi connectivity index (χ2v) is 8.89. The van der Waals surface area contributed by atoms with Crippen LogP contribution in [0.15, 0.2) is 54.7 Å². The fourth-order valence-electron chi connectivity index (χ4n) is 4.67. The average molecular weight is 434 g/mol. The van der Waals surface area contributed by atoms with E-state index in [1.165, 1.54) is 28.2 Å². The zero-order valence-electron chi connectivity index (χ0n) is 19.0. The molecule has 2 atom stereocenters. The topological polar surface area (TPSA) is 36.3 Å². The van der Waals surface area contributed by atoms with E-state index in [1.54, 1.807) is 0 Å². The number of hydrogen-bond acceptors (Lipinski definition) is 3. The minimum Gasteiger partial charge on any atom is -0.352 e. The molecule has 1 aliphatic heterocycles. The Balaban J connectivity index is 1.86. The van der Waals surface area contributed by atoms with Gasteiger partial charge in [0, 0.05) is 41.9 Å². The molecule has 3 aromatic rings. The number of rotatable bonds is 6. The van der Waals surface area contributed by atoms with Gasteiger partial charge in [-0.05, 0) is 76.9 Å². The van der Waals surface area contributed by atoms with Crippen molar-refractivity contribution in [2.45, 2.75) is 32.9 Å². The van der Waals surface area contributed by atoms with Gasteiger partial charge in [0.15, 0.2) is 5.11 Å². The van der Waals surface area contributed by atoms with E-state index in [1.807, 2.05) is 18.3 Å². The predicted molar refractivity (Wildman–Crippen MR) is 131 cm³/mol. The first-order chi connectivity index (χ1) is 14.9. The maximum atomic E-state index is 5.83. The molecule has 2 aromatic heterocycles. The van der Waals surface area contributed by atoms with E-state index in [2.05, 4.69) is 95.9 Å². The molecular weight excluding hydrogens is 402 g/mol. The van der Waals surface area contributed by atoms with Crippen LogP contribution < -0.4 is 5.32 Å². The summed E-state index contributed by atoms with van der Waals surface area (Å²) in [5.74, 6) is 0. The van der Waals surface area contributed by atoms with Crippen LogP contribution in [0.1, 0.15) is 40.3 Å². The van der Waals surface area contributed by atoms with Crippen molar-refractivity contribution in [2.24, 2.45) is 0 Å². The van der Waals surface area contributed by atoms with E-state index in [9.17, 15) is 0 Å². The maximum Gasteiger partial charge on any atom is 0.170 e. The summed E-state index contributed by atoms with van der Waals surface area (Å²) in [6.45, 7) is 8.46. The highest BCUT2D eigenvalue weighted by Crippen LogP contribution is 2.43. The van der Waals surface area contributed by atoms with Crippen LogP contribution in [0.3, 0.4) is 0 Å². The van der Waals surface area contributed by atoms with Gasteiger partial charge >= 0.3 is 0 Å². The first-order valence-electron chi connectivity index (χ1n) is 10.8. The Morgan fingerprint density at radius 3 is 2.35 bits per heavy atom. The van der Waals surface area contributed by atoms with E-state index in [4.69, 9.17) is 12.2 Å². The molecule has 3 heterocycles. The summed E-state index contributed by atoms with van der Waals surface area (Å²) in [5, 5.41) is 4.38. The molecule has 1 aromatic carbocycles. The highest BCUT2D eigenvalue weighted by atomic mass is 32.1. The highest BCUT2D eigenvalue weighted by Gasteiger charge is 2.42. The summed E-state index contributed by atoms with van der Waals surface area (Å²) in [7, 11) is 4.20. The predicted octanol–water partition coefficient (Wildman–Crippen LogP) is 4.33. The van der Waals surface area contributed by atoms with Crippen LogP contribution in [0.2, 0.25) is 0 Å². The first kappa shape index (κ1) is 21.5. The fraction of sp³-hybridized carbons (Fsp3) is 0.360. The Bertz CT molecular complexity index is 1060. The van der Waals surface area contributed by atoms with Gasteiger partial charge in [0.05, 0.1) is 17.8 Å². The molecule has 0 aliphatic carbocycles. The molecular formula is C25H31N5S. The summed E-state index contributed by atoms with van der Waals surface area (Å²) >= 11 is 5.83. The number of pyridine rings is 1. The van der Waals surface area contributed by atoms with Crippen molar-refractivity contribution >= 4 is 17.3 Å². The molecule has 4 rings (SSSR count). The van der Waals surface area contributed by atoms with Crippen LogP contribution in [0.4, 0.5) is 0 Å². The molecule has 1 fully saturated rings. The third-order valence-corrected chi connectivity index (χ3v) is 6.66. The van der Waals surface area contributed by atoms with Crippen LogP contribution in [-0.2, 0) is 0 Å². The van der Waals surface area contributed by atoms with Gasteiger partial charge in [0.2, 0.25) is 0 Å². The summed E-state index contributed by atoms with van der Waals surface area (Å²) in [6.07, 6.45) is 1.86. The molecule has 162 valence electrons. The number of nitrogens with zero attached hydrogens (tertiary/aromatic N) is 4. The van der Waals surface area contributed by atoms with E-state index in [0.29, 0.717) is 0 Å². The van der Waals surface area contributed by atoms with Crippen LogP contribution in [-0.4, -0.2) is 51.6 Å². The van der Waals surface area contributed by atoms with E-state index in [-0.39, 0.29) is 12.1 Å². The van der Waals surface area contributed by atoms with Crippen LogP contribution >= 0.6 is 12.2 Å². The van der Waals surface area contributed by atoms with Crippen molar-refractivity contribution in [3.8, 4) is 5.69 Å². The fourth-order valence-corrected chi connectivity index (χ4v) is 5.01. The monoisotopic (exact) mass is 433 g/mol. The highest BCUT2D eigenvalue weighted by molar-refractivity contribution is 7.80. The standard InChI is InChI=1S/C25H31N5S/c1-17-18(2)30(20-11-7-6-8-12-20)19(3)22(17)24-23(21-13-9-10-14-26-21)27-25(31)29(24)16-15-28(4)5/h6-14,23-24H,15-16H2,1-5H3,(H,27,31)/t23-,24+/m1/s1. The largest absolute Gasteiger partial charge is 0.352 e. The van der Waals surface area contributed by atoms with Gasteiger partial charge in [-0.3, -0.25) is 4.98 Å². The maximum absolute atomic E-state index is 5.83. The third-order valence-electron chi connectivity index (χ3n) is 6.30. The molecule has 31 heavy (non-hydrogen) atoms. The zero-order chi connectivity index (χ0) is 22.1. The van der Waals surface area contributed by atoms with Gasteiger partial charge in [-0.2, -0.15) is 0 Å². The minimum absolute atomic E-state index is 0.0132. The molecule has 5 nitrogen and oxygen atoms in total. The zero-order valence-corrected chi connectivity index (χ0v) is 19.8. The Hall–Kier alpha value is -2.70. The lowest BCUT2D eigenvalue weighted by atomic mass is 9.93. The third kappa shape index (κ3) is 3.98. The SMILES string of the molecule is Cc1c([C@H]2[C@@H](c3ccccn3)NC(=S)N2CCN(C)C)c(C)n(-c2ccccc2)c1C. The number of nitrogens with one attached hydrogen (secondary N) is 1. The van der Waals surface area contributed by atoms with Crippen LogP contribution in [0.25, 0.3) is 5.69 Å². The Morgan fingerprint density at radius 1 is 1.00 bits per heavy atom. The summed E-state index contributed by atoms with van der Waals surface area (Å²) < 4.78 is 2.37. The van der Waals surface area contributed by atoms with E-state index >= 15 is 0 Å². The molecule has 0 amide bonds. The smallest absolute Gasteiger partial charge is 0.170 e. The molecule has 1 N–H and O–H groups in total. The van der Waals surface area contributed by atoms with Crippen molar-refractivity contribution in [1.29, 1.82) is 0 Å². The molecule has 0 spiro atoms. The molecule has 1 aliphatic rings. The lowest BCUT2D eigenvalue weighted by Crippen LogP contribution is -2.35. The number of para-hydroxylation sites is 1. The van der Waals surface area contributed by atoms with Crippen molar-refractivity contribution in [2.75, 3.05) is 27.2 Å². The van der Waals surface area contributed by atoms with Crippen molar-refractivity contribution in [1.82, 2.24) is 24.7 Å². The Labute approximate surface area is 190 Å². The second kappa shape index (κ2) is 8.81. The Morgan fingerprint density at radius 2 is 1.71 bits per heavy atom. The van der Waals surface area contributed by atoms with Crippen molar-refractivity contribution in [3.05, 3.63) is 82.9 Å². The Kier molecular flexibility index (Phi) is 6.12. The molecule has 6 heteroatoms. The molecule has 0 saturated carbocycles. The van der Waals surface area contributed by atoms with E-state index in [0.717, 1.165) is 23.9 Å². The first-order valence-corrected chi connectivity index (χ1v) is 11.2. The second-order valence-electron chi connectivity index (χ2n) is 8.50. The number of benzene rings is 1. The minimum atomic E-state index is 0.0132. The normalized spacial score (nSPS) is 18.6. The molecule has 0 bridgehead atoms.